The number of piperazine rings is 1. The van der Waals surface area contributed by atoms with Crippen molar-refractivity contribution in [3.05, 3.63) is 69.1 Å². The van der Waals surface area contributed by atoms with Crippen molar-refractivity contribution in [2.75, 3.05) is 33.0 Å². The third kappa shape index (κ3) is 3.68. The molecule has 3 heterocycles. The fourth-order valence-corrected chi connectivity index (χ4v) is 4.59. The second-order valence-electron chi connectivity index (χ2n) is 8.52. The molecule has 0 bridgehead atoms. The van der Waals surface area contributed by atoms with Gasteiger partial charge in [-0.25, -0.2) is 4.79 Å². The van der Waals surface area contributed by atoms with E-state index in [4.69, 9.17) is 13.9 Å². The minimum Gasteiger partial charge on any atom is -0.454 e. The average molecular weight is 408 g/mol. The van der Waals surface area contributed by atoms with Crippen molar-refractivity contribution in [1.29, 1.82) is 0 Å². The van der Waals surface area contributed by atoms with E-state index in [9.17, 15) is 4.79 Å². The first-order valence-corrected chi connectivity index (χ1v) is 10.7. The lowest BCUT2D eigenvalue weighted by Gasteiger charge is -2.30. The minimum absolute atomic E-state index is 0.252. The quantitative estimate of drug-likeness (QED) is 0.622. The van der Waals surface area contributed by atoms with E-state index in [2.05, 4.69) is 31.2 Å². The zero-order valence-electron chi connectivity index (χ0n) is 17.5. The first kappa shape index (κ1) is 19.2. The highest BCUT2D eigenvalue weighted by Gasteiger charge is 2.25. The number of aryl methyl sites for hydroxylation is 2. The van der Waals surface area contributed by atoms with Crippen molar-refractivity contribution in [2.45, 2.75) is 26.9 Å². The normalized spacial score (nSPS) is 20.6. The molecule has 0 radical (unpaired) electrons. The lowest BCUT2D eigenvalue weighted by molar-refractivity contribution is -1.02. The molecule has 0 unspecified atom stereocenters. The second-order valence-corrected chi connectivity index (χ2v) is 8.52. The molecule has 2 aliphatic rings. The summed E-state index contributed by atoms with van der Waals surface area (Å²) in [5.41, 5.74) is 5.07. The van der Waals surface area contributed by atoms with E-state index in [0.29, 0.717) is 6.79 Å². The van der Waals surface area contributed by atoms with Gasteiger partial charge < -0.3 is 23.7 Å². The Morgan fingerprint density at radius 2 is 1.60 bits per heavy atom. The van der Waals surface area contributed by atoms with Crippen LogP contribution in [0.4, 0.5) is 0 Å². The van der Waals surface area contributed by atoms with Gasteiger partial charge in [0.15, 0.2) is 11.5 Å². The summed E-state index contributed by atoms with van der Waals surface area (Å²) in [6.07, 6.45) is 0. The molecule has 2 aliphatic heterocycles. The van der Waals surface area contributed by atoms with Crippen LogP contribution in [-0.2, 0) is 13.1 Å². The Kier molecular flexibility index (Phi) is 4.97. The molecule has 5 rings (SSSR count). The molecule has 3 aromatic rings. The van der Waals surface area contributed by atoms with Gasteiger partial charge in [0.05, 0.1) is 0 Å². The summed E-state index contributed by atoms with van der Waals surface area (Å²) in [5.74, 6) is 1.70. The van der Waals surface area contributed by atoms with E-state index >= 15 is 0 Å². The molecular formula is C24H28N2O4+2. The standard InChI is InChI=1S/C24H26N2O4/c1-16-3-5-20-19(12-23(27)30-24(20)17(16)2)14-26-9-7-25(8-10-26)13-18-4-6-21-22(11-18)29-15-28-21/h3-6,11-12H,7-10,13-15H2,1-2H3/p+2. The maximum absolute atomic E-state index is 12.1. The molecule has 6 nitrogen and oxygen atoms in total. The monoisotopic (exact) mass is 408 g/mol. The SMILES string of the molecule is Cc1ccc2c(C[NH+]3CC[NH+](Cc4ccc5c(c4)OCO5)CC3)cc(=O)oc2c1C. The van der Waals surface area contributed by atoms with Crippen LogP contribution in [0.15, 0.2) is 45.6 Å². The summed E-state index contributed by atoms with van der Waals surface area (Å²) in [5, 5.41) is 1.07. The molecule has 1 aromatic heterocycles. The van der Waals surface area contributed by atoms with Gasteiger partial charge in [-0.3, -0.25) is 0 Å². The first-order chi connectivity index (χ1) is 14.6. The molecule has 1 saturated heterocycles. The van der Waals surface area contributed by atoms with Gasteiger partial charge in [-0.15, -0.1) is 0 Å². The van der Waals surface area contributed by atoms with Crippen molar-refractivity contribution >= 4 is 11.0 Å². The van der Waals surface area contributed by atoms with Crippen LogP contribution in [0.3, 0.4) is 0 Å². The fourth-order valence-electron chi connectivity index (χ4n) is 4.59. The molecule has 6 heteroatoms. The lowest BCUT2D eigenvalue weighted by Crippen LogP contribution is -3.27. The number of hydrogen-bond acceptors (Lipinski definition) is 4. The van der Waals surface area contributed by atoms with Crippen LogP contribution in [-0.4, -0.2) is 33.0 Å². The zero-order chi connectivity index (χ0) is 20.7. The largest absolute Gasteiger partial charge is 0.454 e. The number of nitrogens with one attached hydrogen (secondary N) is 2. The summed E-state index contributed by atoms with van der Waals surface area (Å²) in [6, 6.07) is 12.1. The molecule has 156 valence electrons. The average Bonchev–Trinajstić information content (AvgIpc) is 3.20. The van der Waals surface area contributed by atoms with Gasteiger partial charge in [0.25, 0.3) is 0 Å². The highest BCUT2D eigenvalue weighted by Crippen LogP contribution is 2.32. The molecule has 2 N–H and O–H groups in total. The van der Waals surface area contributed by atoms with Crippen LogP contribution < -0.4 is 24.9 Å². The maximum atomic E-state index is 12.1. The van der Waals surface area contributed by atoms with Crippen LogP contribution in [0.5, 0.6) is 11.5 Å². The number of hydrogen-bond donors (Lipinski definition) is 2. The van der Waals surface area contributed by atoms with Gasteiger partial charge >= 0.3 is 5.63 Å². The number of benzene rings is 2. The highest BCUT2D eigenvalue weighted by molar-refractivity contribution is 5.83. The smallest absolute Gasteiger partial charge is 0.336 e. The Morgan fingerprint density at radius 3 is 2.40 bits per heavy atom. The summed E-state index contributed by atoms with van der Waals surface area (Å²) in [7, 11) is 0. The van der Waals surface area contributed by atoms with Gasteiger partial charge in [0.2, 0.25) is 6.79 Å². The molecule has 0 saturated carbocycles. The van der Waals surface area contributed by atoms with Gasteiger partial charge in [-0.1, -0.05) is 12.1 Å². The molecular weight excluding hydrogens is 380 g/mol. The number of fused-ring (bicyclic) bond motifs is 2. The van der Waals surface area contributed by atoms with E-state index in [1.54, 1.807) is 11.0 Å². The van der Waals surface area contributed by atoms with Gasteiger partial charge in [0, 0.05) is 22.6 Å². The van der Waals surface area contributed by atoms with E-state index < -0.39 is 0 Å². The van der Waals surface area contributed by atoms with Gasteiger partial charge in [-0.2, -0.15) is 0 Å². The summed E-state index contributed by atoms with van der Waals surface area (Å²) < 4.78 is 16.4. The van der Waals surface area contributed by atoms with Crippen molar-refractivity contribution in [3.63, 3.8) is 0 Å². The van der Waals surface area contributed by atoms with Crippen LogP contribution in [0, 0.1) is 13.8 Å². The van der Waals surface area contributed by atoms with Crippen LogP contribution in [0.2, 0.25) is 0 Å². The van der Waals surface area contributed by atoms with E-state index in [0.717, 1.165) is 78.4 Å². The molecule has 0 atom stereocenters. The van der Waals surface area contributed by atoms with Crippen molar-refractivity contribution in [3.8, 4) is 11.5 Å². The third-order valence-corrected chi connectivity index (χ3v) is 6.51. The molecule has 0 spiro atoms. The van der Waals surface area contributed by atoms with E-state index in [1.165, 1.54) is 10.5 Å². The second kappa shape index (κ2) is 7.78. The highest BCUT2D eigenvalue weighted by atomic mass is 16.7. The zero-order valence-corrected chi connectivity index (χ0v) is 17.5. The van der Waals surface area contributed by atoms with Crippen molar-refractivity contribution < 1.29 is 23.7 Å². The molecule has 2 aromatic carbocycles. The lowest BCUT2D eigenvalue weighted by atomic mass is 10.0. The topological polar surface area (TPSA) is 57.5 Å². The minimum atomic E-state index is -0.252. The summed E-state index contributed by atoms with van der Waals surface area (Å²) in [6.45, 7) is 10.7. The maximum Gasteiger partial charge on any atom is 0.336 e. The Bertz CT molecular complexity index is 1150. The predicted octanol–water partition coefficient (Wildman–Crippen LogP) is 0.622. The summed E-state index contributed by atoms with van der Waals surface area (Å²) >= 11 is 0. The van der Waals surface area contributed by atoms with Crippen molar-refractivity contribution in [2.24, 2.45) is 0 Å². The number of quaternary nitrogens is 2. The predicted molar refractivity (Wildman–Crippen MR) is 113 cm³/mol. The third-order valence-electron chi connectivity index (χ3n) is 6.51. The molecule has 1 fully saturated rings. The van der Waals surface area contributed by atoms with Crippen molar-refractivity contribution in [1.82, 2.24) is 0 Å². The van der Waals surface area contributed by atoms with Crippen LogP contribution >= 0.6 is 0 Å². The first-order valence-electron chi connectivity index (χ1n) is 10.7. The van der Waals surface area contributed by atoms with Gasteiger partial charge in [0.1, 0.15) is 44.9 Å². The Hall–Kier alpha value is -2.83. The Labute approximate surface area is 175 Å². The molecule has 30 heavy (non-hydrogen) atoms. The summed E-state index contributed by atoms with van der Waals surface area (Å²) in [4.78, 5) is 15.3. The fraction of sp³-hybridized carbons (Fsp3) is 0.375. The Balaban J connectivity index is 1.25. The van der Waals surface area contributed by atoms with Gasteiger partial charge in [-0.05, 0) is 43.2 Å². The number of ether oxygens (including phenoxy) is 2. The van der Waals surface area contributed by atoms with Crippen LogP contribution in [0.25, 0.3) is 11.0 Å². The Morgan fingerprint density at radius 1 is 0.867 bits per heavy atom. The number of rotatable bonds is 4. The van der Waals surface area contributed by atoms with Crippen LogP contribution in [0.1, 0.15) is 22.3 Å². The van der Waals surface area contributed by atoms with E-state index in [-0.39, 0.29) is 5.63 Å². The molecule has 0 amide bonds. The van der Waals surface area contributed by atoms with E-state index in [1.807, 2.05) is 13.0 Å². The molecule has 0 aliphatic carbocycles.